The lowest BCUT2D eigenvalue weighted by atomic mass is 10.1. The van der Waals surface area contributed by atoms with Crippen molar-refractivity contribution in [3.8, 4) is 5.75 Å². The zero-order valence-corrected chi connectivity index (χ0v) is 8.87. The molecule has 0 N–H and O–H groups in total. The van der Waals surface area contributed by atoms with Crippen molar-refractivity contribution < 1.29 is 18.4 Å². The van der Waals surface area contributed by atoms with Gasteiger partial charge in [-0.25, -0.2) is 8.78 Å². The molecule has 1 aromatic rings. The van der Waals surface area contributed by atoms with Crippen LogP contribution in [0.5, 0.6) is 5.75 Å². The second kappa shape index (κ2) is 5.02. The quantitative estimate of drug-likeness (QED) is 0.469. The minimum atomic E-state index is -3.05. The summed E-state index contributed by atoms with van der Waals surface area (Å²) in [4.78, 5) is 12.9. The maximum atomic E-state index is 12.7. The molecule has 0 aromatic carbocycles. The molecule has 0 aliphatic heterocycles. The third kappa shape index (κ3) is 2.19. The summed E-state index contributed by atoms with van der Waals surface area (Å²) in [5, 5.41) is 10.5. The van der Waals surface area contributed by atoms with Gasteiger partial charge in [-0.2, -0.15) is 0 Å². The number of aromatic nitrogens is 1. The minimum absolute atomic E-state index is 0.117. The van der Waals surface area contributed by atoms with Crippen molar-refractivity contribution in [2.24, 2.45) is 0 Å². The maximum Gasteiger partial charge on any atom is 0.376 e. The molecule has 0 fully saturated rings. The Balaban J connectivity index is 3.50. The van der Waals surface area contributed by atoms with Crippen molar-refractivity contribution >= 4 is 17.4 Å². The van der Waals surface area contributed by atoms with Gasteiger partial charge in [-0.1, -0.05) is 0 Å². The Bertz CT molecular complexity index is 415. The Labute approximate surface area is 94.1 Å². The number of methoxy groups -OCH3 is 1. The van der Waals surface area contributed by atoms with Crippen LogP contribution >= 0.6 is 11.6 Å². The summed E-state index contributed by atoms with van der Waals surface area (Å²) in [5.41, 5.74) is -0.657. The van der Waals surface area contributed by atoms with Crippen LogP contribution in [-0.4, -0.2) is 17.0 Å². The van der Waals surface area contributed by atoms with Gasteiger partial charge >= 0.3 is 5.82 Å². The molecule has 1 rings (SSSR count). The summed E-state index contributed by atoms with van der Waals surface area (Å²) in [6.07, 6.45) is -2.00. The first-order valence-corrected chi connectivity index (χ1v) is 4.60. The molecule has 5 nitrogen and oxygen atoms in total. The molecule has 0 radical (unpaired) electrons. The molecular weight excluding hydrogens is 246 g/mol. The number of hydrogen-bond acceptors (Lipinski definition) is 4. The highest BCUT2D eigenvalue weighted by Crippen LogP contribution is 2.37. The van der Waals surface area contributed by atoms with Gasteiger partial charge in [0.15, 0.2) is 5.56 Å². The molecule has 0 atom stereocenters. The van der Waals surface area contributed by atoms with E-state index < -0.39 is 22.7 Å². The van der Waals surface area contributed by atoms with E-state index in [9.17, 15) is 18.9 Å². The van der Waals surface area contributed by atoms with Crippen LogP contribution in [0.2, 0.25) is 0 Å². The average molecular weight is 253 g/mol. The number of alkyl halides is 3. The summed E-state index contributed by atoms with van der Waals surface area (Å²) in [6.45, 7) is 0. The Kier molecular flexibility index (Phi) is 3.94. The topological polar surface area (TPSA) is 65.3 Å². The molecule has 8 heteroatoms. The molecule has 0 unspecified atom stereocenters. The fraction of sp³-hybridized carbons (Fsp3) is 0.375. The molecule has 0 bridgehead atoms. The molecule has 1 aromatic heterocycles. The first-order valence-electron chi connectivity index (χ1n) is 4.07. The number of ether oxygens (including phenoxy) is 1. The van der Waals surface area contributed by atoms with E-state index in [4.69, 9.17) is 16.3 Å². The molecule has 0 saturated carbocycles. The monoisotopic (exact) mass is 252 g/mol. The van der Waals surface area contributed by atoms with E-state index in [0.29, 0.717) is 0 Å². The molecule has 16 heavy (non-hydrogen) atoms. The lowest BCUT2D eigenvalue weighted by Crippen LogP contribution is -2.04. The normalized spacial score (nSPS) is 10.6. The van der Waals surface area contributed by atoms with Gasteiger partial charge in [0.25, 0.3) is 6.43 Å². The summed E-state index contributed by atoms with van der Waals surface area (Å²) < 4.78 is 30.1. The van der Waals surface area contributed by atoms with Gasteiger partial charge in [-0.3, -0.25) is 0 Å². The second-order valence-corrected chi connectivity index (χ2v) is 3.01. The predicted molar refractivity (Wildman–Crippen MR) is 52.0 cm³/mol. The smallest absolute Gasteiger partial charge is 0.376 e. The Morgan fingerprint density at radius 3 is 2.69 bits per heavy atom. The van der Waals surface area contributed by atoms with E-state index in [1.165, 1.54) is 0 Å². The Morgan fingerprint density at radius 1 is 1.69 bits per heavy atom. The van der Waals surface area contributed by atoms with E-state index in [1.807, 2.05) is 0 Å². The molecular formula is C8H7ClF2N2O3. The van der Waals surface area contributed by atoms with Crippen LogP contribution in [0.25, 0.3) is 0 Å². The van der Waals surface area contributed by atoms with Gasteiger partial charge in [0.2, 0.25) is 0 Å². The fourth-order valence-corrected chi connectivity index (χ4v) is 1.41. The van der Waals surface area contributed by atoms with Crippen molar-refractivity contribution in [2.45, 2.75) is 12.3 Å². The first-order chi connectivity index (χ1) is 7.52. The lowest BCUT2D eigenvalue weighted by molar-refractivity contribution is -0.391. The standard InChI is InChI=1S/C8H7ClF2N2O3/c1-16-6-4(2-9)3-12-8(13(14)15)5(6)7(10)11/h3,7H,2H2,1H3. The number of hydrogen-bond donors (Lipinski definition) is 0. The largest absolute Gasteiger partial charge is 0.495 e. The SMILES string of the molecule is COc1c(CCl)cnc([N+](=O)[O-])c1C(F)F. The summed E-state index contributed by atoms with van der Waals surface area (Å²) >= 11 is 5.48. The molecule has 0 amide bonds. The van der Waals surface area contributed by atoms with Crippen LogP contribution in [0.15, 0.2) is 6.20 Å². The van der Waals surface area contributed by atoms with Crippen LogP contribution in [0.1, 0.15) is 17.6 Å². The number of pyridine rings is 1. The Morgan fingerprint density at radius 2 is 2.31 bits per heavy atom. The van der Waals surface area contributed by atoms with Crippen LogP contribution in [0, 0.1) is 10.1 Å². The third-order valence-electron chi connectivity index (χ3n) is 1.86. The van der Waals surface area contributed by atoms with Crippen LogP contribution in [-0.2, 0) is 5.88 Å². The van der Waals surface area contributed by atoms with E-state index in [-0.39, 0.29) is 17.2 Å². The van der Waals surface area contributed by atoms with Crippen molar-refractivity contribution in [2.75, 3.05) is 7.11 Å². The highest BCUT2D eigenvalue weighted by Gasteiger charge is 2.30. The summed E-state index contributed by atoms with van der Waals surface area (Å²) in [7, 11) is 1.14. The number of rotatable bonds is 4. The first kappa shape index (κ1) is 12.6. The van der Waals surface area contributed by atoms with Crippen molar-refractivity contribution in [3.05, 3.63) is 27.4 Å². The lowest BCUT2D eigenvalue weighted by Gasteiger charge is -2.10. The highest BCUT2D eigenvalue weighted by molar-refractivity contribution is 6.17. The third-order valence-corrected chi connectivity index (χ3v) is 2.15. The zero-order chi connectivity index (χ0) is 12.3. The van der Waals surface area contributed by atoms with E-state index in [2.05, 4.69) is 4.98 Å². The van der Waals surface area contributed by atoms with E-state index in [0.717, 1.165) is 13.3 Å². The highest BCUT2D eigenvalue weighted by atomic mass is 35.5. The predicted octanol–water partition coefficient (Wildman–Crippen LogP) is 2.67. The molecule has 1 heterocycles. The number of halogens is 3. The van der Waals surface area contributed by atoms with Gasteiger partial charge in [0, 0.05) is 0 Å². The van der Waals surface area contributed by atoms with E-state index in [1.54, 1.807) is 0 Å². The molecule has 0 aliphatic carbocycles. The van der Waals surface area contributed by atoms with Crippen LogP contribution < -0.4 is 4.74 Å². The van der Waals surface area contributed by atoms with Crippen molar-refractivity contribution in [1.29, 1.82) is 0 Å². The molecule has 0 saturated heterocycles. The van der Waals surface area contributed by atoms with Gasteiger partial charge in [0.1, 0.15) is 11.9 Å². The maximum absolute atomic E-state index is 12.7. The number of nitrogens with zero attached hydrogens (tertiary/aromatic N) is 2. The van der Waals surface area contributed by atoms with Crippen LogP contribution in [0.4, 0.5) is 14.6 Å². The van der Waals surface area contributed by atoms with E-state index >= 15 is 0 Å². The van der Waals surface area contributed by atoms with Crippen molar-refractivity contribution in [3.63, 3.8) is 0 Å². The molecule has 88 valence electrons. The number of nitro groups is 1. The summed E-state index contributed by atoms with van der Waals surface area (Å²) in [5.74, 6) is -1.32. The average Bonchev–Trinajstić information content (AvgIpc) is 2.26. The fourth-order valence-electron chi connectivity index (χ4n) is 1.22. The van der Waals surface area contributed by atoms with Gasteiger partial charge in [0.05, 0.1) is 18.6 Å². The summed E-state index contributed by atoms with van der Waals surface area (Å²) in [6, 6.07) is 0. The Hall–Kier alpha value is -1.50. The second-order valence-electron chi connectivity index (χ2n) is 2.75. The van der Waals surface area contributed by atoms with Crippen molar-refractivity contribution in [1.82, 2.24) is 4.98 Å². The van der Waals surface area contributed by atoms with Gasteiger partial charge in [-0.15, -0.1) is 11.6 Å². The minimum Gasteiger partial charge on any atom is -0.495 e. The van der Waals surface area contributed by atoms with Crippen LogP contribution in [0.3, 0.4) is 0 Å². The van der Waals surface area contributed by atoms with Gasteiger partial charge in [-0.05, 0) is 9.91 Å². The molecule has 0 aliphatic rings. The van der Waals surface area contributed by atoms with Gasteiger partial charge < -0.3 is 14.9 Å². The molecule has 0 spiro atoms. The zero-order valence-electron chi connectivity index (χ0n) is 8.11.